The Morgan fingerprint density at radius 2 is 2.11 bits per heavy atom. The Morgan fingerprint density at radius 3 is 2.84 bits per heavy atom. The second-order valence-electron chi connectivity index (χ2n) is 4.83. The molecule has 2 aromatic rings. The lowest BCUT2D eigenvalue weighted by molar-refractivity contribution is 0.310. The molecule has 0 aliphatic heterocycles. The summed E-state index contributed by atoms with van der Waals surface area (Å²) in [6.45, 7) is 5.63. The number of pyridine rings is 1. The van der Waals surface area contributed by atoms with Crippen LogP contribution in [-0.2, 0) is 6.42 Å². The van der Waals surface area contributed by atoms with Gasteiger partial charge < -0.3 is 10.5 Å². The zero-order valence-corrected chi connectivity index (χ0v) is 11.8. The molecule has 1 aromatic heterocycles. The zero-order valence-electron chi connectivity index (χ0n) is 11.8. The van der Waals surface area contributed by atoms with Gasteiger partial charge in [-0.25, -0.2) is 0 Å². The van der Waals surface area contributed by atoms with Crippen molar-refractivity contribution in [2.75, 3.05) is 13.2 Å². The third-order valence-electron chi connectivity index (χ3n) is 3.26. The van der Waals surface area contributed by atoms with Crippen molar-refractivity contribution in [2.45, 2.75) is 33.1 Å². The third kappa shape index (κ3) is 3.44. The van der Waals surface area contributed by atoms with Crippen LogP contribution in [0.2, 0.25) is 0 Å². The Hall–Kier alpha value is -1.61. The summed E-state index contributed by atoms with van der Waals surface area (Å²) in [5.74, 6) is 0.922. The smallest absolute Gasteiger partial charge is 0.120 e. The van der Waals surface area contributed by atoms with E-state index in [-0.39, 0.29) is 0 Å². The molecule has 0 saturated carbocycles. The highest BCUT2D eigenvalue weighted by Gasteiger charge is 2.04. The van der Waals surface area contributed by atoms with E-state index in [1.54, 1.807) is 0 Å². The lowest BCUT2D eigenvalue weighted by Gasteiger charge is -2.09. The van der Waals surface area contributed by atoms with E-state index >= 15 is 0 Å². The first-order chi connectivity index (χ1) is 9.24. The van der Waals surface area contributed by atoms with Crippen LogP contribution in [0.5, 0.6) is 5.75 Å². The zero-order chi connectivity index (χ0) is 13.7. The molecule has 19 heavy (non-hydrogen) atoms. The maximum atomic E-state index is 5.73. The highest BCUT2D eigenvalue weighted by Crippen LogP contribution is 2.22. The van der Waals surface area contributed by atoms with Crippen LogP contribution in [-0.4, -0.2) is 18.1 Å². The van der Waals surface area contributed by atoms with E-state index in [9.17, 15) is 0 Å². The Labute approximate surface area is 114 Å². The molecule has 0 aliphatic rings. The largest absolute Gasteiger partial charge is 0.494 e. The molecule has 102 valence electrons. The molecule has 0 saturated heterocycles. The Kier molecular flexibility index (Phi) is 4.74. The molecule has 3 nitrogen and oxygen atoms in total. The number of nitrogens with zero attached hydrogens (tertiary/aromatic N) is 1. The van der Waals surface area contributed by atoms with Crippen LogP contribution in [0, 0.1) is 6.92 Å². The second-order valence-corrected chi connectivity index (χ2v) is 4.83. The van der Waals surface area contributed by atoms with Crippen molar-refractivity contribution in [3.8, 4) is 5.75 Å². The van der Waals surface area contributed by atoms with Crippen LogP contribution in [0.3, 0.4) is 0 Å². The van der Waals surface area contributed by atoms with Gasteiger partial charge in [0.2, 0.25) is 0 Å². The molecular weight excluding hydrogens is 236 g/mol. The van der Waals surface area contributed by atoms with Gasteiger partial charge in [0.1, 0.15) is 5.75 Å². The summed E-state index contributed by atoms with van der Waals surface area (Å²) in [6.07, 6.45) is 3.10. The molecule has 2 N–H and O–H groups in total. The molecule has 0 unspecified atom stereocenters. The number of hydrogen-bond donors (Lipinski definition) is 1. The highest BCUT2D eigenvalue weighted by molar-refractivity contribution is 5.81. The average Bonchev–Trinajstić information content (AvgIpc) is 2.40. The predicted molar refractivity (Wildman–Crippen MR) is 79.6 cm³/mol. The summed E-state index contributed by atoms with van der Waals surface area (Å²) < 4.78 is 5.73. The SMILES string of the molecule is CCCCOc1ccc2nc(C)c(CCN)cc2c1. The molecule has 3 heteroatoms. The monoisotopic (exact) mass is 258 g/mol. The van der Waals surface area contributed by atoms with Gasteiger partial charge in [-0.1, -0.05) is 13.3 Å². The number of benzene rings is 1. The summed E-state index contributed by atoms with van der Waals surface area (Å²) in [6, 6.07) is 8.26. The number of hydrogen-bond acceptors (Lipinski definition) is 3. The van der Waals surface area contributed by atoms with Gasteiger partial charge in [0.25, 0.3) is 0 Å². The average molecular weight is 258 g/mol. The second kappa shape index (κ2) is 6.53. The number of unbranched alkanes of at least 4 members (excludes halogenated alkanes) is 1. The topological polar surface area (TPSA) is 48.1 Å². The van der Waals surface area contributed by atoms with Crippen LogP contribution in [0.15, 0.2) is 24.3 Å². The van der Waals surface area contributed by atoms with E-state index in [1.807, 2.05) is 19.1 Å². The first kappa shape index (κ1) is 13.8. The summed E-state index contributed by atoms with van der Waals surface area (Å²) in [5, 5.41) is 1.13. The van der Waals surface area contributed by atoms with Crippen LogP contribution in [0.25, 0.3) is 10.9 Å². The predicted octanol–water partition coefficient (Wildman–Crippen LogP) is 3.22. The van der Waals surface area contributed by atoms with Gasteiger partial charge >= 0.3 is 0 Å². The number of fused-ring (bicyclic) bond motifs is 1. The minimum atomic E-state index is 0.653. The van der Waals surface area contributed by atoms with Crippen LogP contribution in [0.1, 0.15) is 31.0 Å². The number of ether oxygens (including phenoxy) is 1. The van der Waals surface area contributed by atoms with Gasteiger partial charge in [-0.15, -0.1) is 0 Å². The Balaban J connectivity index is 2.27. The van der Waals surface area contributed by atoms with E-state index in [1.165, 1.54) is 5.56 Å². The molecule has 1 heterocycles. The van der Waals surface area contributed by atoms with Crippen LogP contribution < -0.4 is 10.5 Å². The maximum absolute atomic E-state index is 5.73. The summed E-state index contributed by atoms with van der Waals surface area (Å²) in [7, 11) is 0. The quantitative estimate of drug-likeness (QED) is 0.809. The third-order valence-corrected chi connectivity index (χ3v) is 3.26. The van der Waals surface area contributed by atoms with Crippen molar-refractivity contribution >= 4 is 10.9 Å². The van der Waals surface area contributed by atoms with Crippen LogP contribution in [0.4, 0.5) is 0 Å². The molecule has 0 aliphatic carbocycles. The van der Waals surface area contributed by atoms with E-state index < -0.39 is 0 Å². The van der Waals surface area contributed by atoms with E-state index in [2.05, 4.69) is 24.0 Å². The summed E-state index contributed by atoms with van der Waals surface area (Å²) in [4.78, 5) is 4.62. The van der Waals surface area contributed by atoms with Crippen molar-refractivity contribution in [1.82, 2.24) is 4.98 Å². The van der Waals surface area contributed by atoms with Crippen LogP contribution >= 0.6 is 0 Å². The van der Waals surface area contributed by atoms with Gasteiger partial charge in [0.05, 0.1) is 12.1 Å². The minimum absolute atomic E-state index is 0.653. The van der Waals surface area contributed by atoms with Crippen molar-refractivity contribution in [3.63, 3.8) is 0 Å². The molecule has 0 radical (unpaired) electrons. The van der Waals surface area contributed by atoms with Gasteiger partial charge in [-0.05, 0) is 56.1 Å². The molecule has 2 rings (SSSR count). The maximum Gasteiger partial charge on any atom is 0.120 e. The van der Waals surface area contributed by atoms with Gasteiger partial charge in [0.15, 0.2) is 0 Å². The number of rotatable bonds is 6. The fourth-order valence-corrected chi connectivity index (χ4v) is 2.13. The van der Waals surface area contributed by atoms with E-state index in [0.29, 0.717) is 6.54 Å². The minimum Gasteiger partial charge on any atom is -0.494 e. The standard InChI is InChI=1S/C16H22N2O/c1-3-4-9-19-15-5-6-16-14(11-15)10-13(7-8-17)12(2)18-16/h5-6,10-11H,3-4,7-9,17H2,1-2H3. The summed E-state index contributed by atoms with van der Waals surface area (Å²) in [5.41, 5.74) is 8.94. The molecule has 0 atom stereocenters. The van der Waals surface area contributed by atoms with Crippen molar-refractivity contribution in [1.29, 1.82) is 0 Å². The van der Waals surface area contributed by atoms with Crippen molar-refractivity contribution < 1.29 is 4.74 Å². The molecule has 0 spiro atoms. The molecule has 0 bridgehead atoms. The molecular formula is C16H22N2O. The molecule has 1 aromatic carbocycles. The number of aromatic nitrogens is 1. The van der Waals surface area contributed by atoms with Gasteiger partial charge in [-0.2, -0.15) is 0 Å². The highest BCUT2D eigenvalue weighted by atomic mass is 16.5. The molecule has 0 amide bonds. The first-order valence-corrected chi connectivity index (χ1v) is 6.97. The van der Waals surface area contributed by atoms with Crippen molar-refractivity contribution in [2.24, 2.45) is 5.73 Å². The first-order valence-electron chi connectivity index (χ1n) is 6.97. The van der Waals surface area contributed by atoms with E-state index in [4.69, 9.17) is 10.5 Å². The summed E-state index contributed by atoms with van der Waals surface area (Å²) >= 11 is 0. The van der Waals surface area contributed by atoms with E-state index in [0.717, 1.165) is 48.2 Å². The number of nitrogens with two attached hydrogens (primary N) is 1. The fourth-order valence-electron chi connectivity index (χ4n) is 2.13. The Bertz CT molecular complexity index is 552. The van der Waals surface area contributed by atoms with Gasteiger partial charge in [0, 0.05) is 11.1 Å². The fraction of sp³-hybridized carbons (Fsp3) is 0.438. The van der Waals surface area contributed by atoms with Gasteiger partial charge in [-0.3, -0.25) is 4.98 Å². The lowest BCUT2D eigenvalue weighted by Crippen LogP contribution is -2.05. The molecule has 0 fully saturated rings. The normalized spacial score (nSPS) is 10.9. The number of aryl methyl sites for hydroxylation is 1. The van der Waals surface area contributed by atoms with Crippen molar-refractivity contribution in [3.05, 3.63) is 35.5 Å². The Morgan fingerprint density at radius 1 is 1.26 bits per heavy atom. The lowest BCUT2D eigenvalue weighted by atomic mass is 10.1.